The molecule has 2 fully saturated rings. The number of nitrogens with zero attached hydrogens (tertiary/aromatic N) is 6. The molecule has 0 spiro atoms. The molecule has 3 aliphatic rings. The summed E-state index contributed by atoms with van der Waals surface area (Å²) in [6.45, 7) is 3.95. The maximum absolute atomic E-state index is 14.1. The summed E-state index contributed by atoms with van der Waals surface area (Å²) in [4.78, 5) is 50.7. The second kappa shape index (κ2) is 20.9. The number of aryl methyl sites for hydroxylation is 1. The maximum atomic E-state index is 14.1. The highest BCUT2D eigenvalue weighted by Crippen LogP contribution is 2.36. The van der Waals surface area contributed by atoms with Gasteiger partial charge in [-0.3, -0.25) is 19.1 Å². The molecule has 2 saturated carbocycles. The number of benzene rings is 1. The second-order valence-corrected chi connectivity index (χ2v) is 16.5. The van der Waals surface area contributed by atoms with Gasteiger partial charge in [-0.05, 0) is 126 Å². The minimum absolute atomic E-state index is 0.0279. The number of carbonyl (C=O) groups is 3. The number of carbonyl (C=O) groups excluding carboxylic acids is 3. The van der Waals surface area contributed by atoms with Gasteiger partial charge in [-0.15, -0.1) is 0 Å². The number of pyridine rings is 1. The number of anilines is 3. The van der Waals surface area contributed by atoms with E-state index >= 15 is 0 Å². The van der Waals surface area contributed by atoms with E-state index in [0.717, 1.165) is 88.7 Å². The van der Waals surface area contributed by atoms with Crippen molar-refractivity contribution in [3.63, 3.8) is 0 Å². The molecule has 3 N–H and O–H groups in total. The topological polar surface area (TPSA) is 169 Å². The van der Waals surface area contributed by atoms with Gasteiger partial charge in [0, 0.05) is 56.9 Å². The van der Waals surface area contributed by atoms with Crippen molar-refractivity contribution < 1.29 is 37.1 Å². The van der Waals surface area contributed by atoms with E-state index in [9.17, 15) is 23.2 Å². The maximum Gasteiger partial charge on any atom is 0.284 e. The van der Waals surface area contributed by atoms with Crippen molar-refractivity contribution in [1.29, 1.82) is 0 Å². The fraction of sp³-hybridized carbons (Fsp3) is 0.545. The first kappa shape index (κ1) is 43.7. The number of unbranched alkanes of at least 4 members (excludes halogenated alkanes) is 2. The number of halogens is 2. The van der Waals surface area contributed by atoms with Crippen molar-refractivity contribution in [1.82, 2.24) is 30.0 Å². The Balaban J connectivity index is 0.779. The predicted molar refractivity (Wildman–Crippen MR) is 226 cm³/mol. The Morgan fingerprint density at radius 1 is 1.02 bits per heavy atom. The lowest BCUT2D eigenvalue weighted by Crippen LogP contribution is -2.37. The molecular formula is C44H57F2N9O6. The molecule has 7 rings (SSSR count). The molecule has 0 atom stereocenters. The van der Waals surface area contributed by atoms with Crippen molar-refractivity contribution in [2.24, 2.45) is 11.8 Å². The Kier molecular flexibility index (Phi) is 15.0. The van der Waals surface area contributed by atoms with Crippen LogP contribution in [-0.2, 0) is 20.7 Å². The third-order valence-corrected chi connectivity index (χ3v) is 11.6. The van der Waals surface area contributed by atoms with Crippen LogP contribution in [0.1, 0.15) is 98.4 Å². The first-order valence-corrected chi connectivity index (χ1v) is 21.5. The van der Waals surface area contributed by atoms with Crippen LogP contribution in [0.5, 0.6) is 5.75 Å². The number of methoxy groups -OCH3 is 1. The van der Waals surface area contributed by atoms with Crippen LogP contribution in [0.15, 0.2) is 53.4 Å². The van der Waals surface area contributed by atoms with Crippen LogP contribution in [-0.4, -0.2) is 102 Å². The predicted octanol–water partition coefficient (Wildman–Crippen LogP) is 6.90. The number of nitrogens with one attached hydrogen (secondary N) is 3. The zero-order valence-electron chi connectivity index (χ0n) is 35.0. The summed E-state index contributed by atoms with van der Waals surface area (Å²) >= 11 is 0. The molecule has 4 heterocycles. The molecule has 4 aromatic rings. The van der Waals surface area contributed by atoms with Gasteiger partial charge in [0.1, 0.15) is 24.4 Å². The van der Waals surface area contributed by atoms with Crippen LogP contribution in [0, 0.1) is 11.8 Å². The molecule has 1 aromatic carbocycles. The van der Waals surface area contributed by atoms with Gasteiger partial charge in [-0.25, -0.2) is 18.7 Å². The highest BCUT2D eigenvalue weighted by atomic mass is 19.3. The molecule has 328 valence electrons. The summed E-state index contributed by atoms with van der Waals surface area (Å²) in [7, 11) is 3.63. The zero-order valence-corrected chi connectivity index (χ0v) is 35.0. The Morgan fingerprint density at radius 3 is 2.62 bits per heavy atom. The second-order valence-electron chi connectivity index (χ2n) is 16.5. The molecule has 0 unspecified atom stereocenters. The normalized spacial score (nSPS) is 17.6. The number of aromatic nitrogens is 4. The van der Waals surface area contributed by atoms with E-state index in [0.29, 0.717) is 42.1 Å². The largest absolute Gasteiger partial charge is 0.484 e. The van der Waals surface area contributed by atoms with Crippen LogP contribution in [0.2, 0.25) is 0 Å². The third kappa shape index (κ3) is 12.1. The number of oxazole rings is 1. The highest BCUT2D eigenvalue weighted by molar-refractivity contribution is 6.03. The first-order valence-electron chi connectivity index (χ1n) is 21.5. The molecule has 17 heteroatoms. The summed E-state index contributed by atoms with van der Waals surface area (Å²) in [5.41, 5.74) is 2.01. The number of hydrogen-bond donors (Lipinski definition) is 3. The lowest BCUT2D eigenvalue weighted by atomic mass is 9.86. The zero-order chi connectivity index (χ0) is 42.7. The van der Waals surface area contributed by atoms with E-state index in [4.69, 9.17) is 13.9 Å². The SMILES string of the molecule is COCC(=O)N1CCCc2cc(OCC(=O)NCCCCCN(C)CC3CCC(n4cc(NC(=O)c5coc(-c6ccnc(NCC7CC7)c6)n5)c(C(F)F)n4)CC3)ccc21. The first-order chi connectivity index (χ1) is 29.6. The van der Waals surface area contributed by atoms with Crippen molar-refractivity contribution in [3.05, 3.63) is 65.9 Å². The van der Waals surface area contributed by atoms with E-state index < -0.39 is 18.0 Å². The van der Waals surface area contributed by atoms with Crippen molar-refractivity contribution in [2.45, 2.75) is 83.1 Å². The molecular weight excluding hydrogens is 789 g/mol. The number of hydrogen-bond acceptors (Lipinski definition) is 11. The summed E-state index contributed by atoms with van der Waals surface area (Å²) < 4.78 is 46.2. The fourth-order valence-electron chi connectivity index (χ4n) is 8.14. The average Bonchev–Trinajstić information content (AvgIpc) is 3.78. The standard InChI is InChI=1S/C44H57F2N9O6/c1-53(19-5-3-4-17-48-39(56)27-60-34-14-15-37-31(21-34)7-6-20-54(37)40(57)28-59-2)24-30-10-12-33(13-11-30)55-25-35(41(52-55)42(45)46)50-43(58)36-26-61-44(51-36)32-16-18-47-38(22-32)49-23-29-8-9-29/h14-16,18,21-22,25-26,29-30,33,42H,3-13,17,19-20,23-24,27-28H2,1-2H3,(H,47,49)(H,48,56)(H,50,58). The number of rotatable bonds is 21. The molecule has 3 aromatic heterocycles. The van der Waals surface area contributed by atoms with Gasteiger partial charge in [0.25, 0.3) is 24.1 Å². The van der Waals surface area contributed by atoms with Gasteiger partial charge in [0.15, 0.2) is 18.0 Å². The van der Waals surface area contributed by atoms with E-state index in [-0.39, 0.29) is 48.3 Å². The van der Waals surface area contributed by atoms with Gasteiger partial charge < -0.3 is 39.6 Å². The third-order valence-electron chi connectivity index (χ3n) is 11.6. The average molecular weight is 846 g/mol. The molecule has 1 aliphatic heterocycles. The Hall–Kier alpha value is -5.42. The molecule has 2 aliphatic carbocycles. The lowest BCUT2D eigenvalue weighted by Gasteiger charge is -2.31. The Morgan fingerprint density at radius 2 is 1.84 bits per heavy atom. The van der Waals surface area contributed by atoms with E-state index in [1.165, 1.54) is 32.4 Å². The van der Waals surface area contributed by atoms with Crippen LogP contribution >= 0.6 is 0 Å². The molecule has 61 heavy (non-hydrogen) atoms. The van der Waals surface area contributed by atoms with Crippen LogP contribution in [0.25, 0.3) is 11.5 Å². The number of ether oxygens (including phenoxy) is 2. The monoisotopic (exact) mass is 845 g/mol. The highest BCUT2D eigenvalue weighted by Gasteiger charge is 2.29. The van der Waals surface area contributed by atoms with Gasteiger partial charge >= 0.3 is 0 Å². The van der Waals surface area contributed by atoms with Crippen molar-refractivity contribution in [2.75, 3.05) is 75.6 Å². The molecule has 3 amide bonds. The quantitative estimate of drug-likeness (QED) is 0.0747. The minimum atomic E-state index is -2.86. The van der Waals surface area contributed by atoms with E-state index in [1.807, 2.05) is 12.1 Å². The minimum Gasteiger partial charge on any atom is -0.484 e. The molecule has 15 nitrogen and oxygen atoms in total. The summed E-state index contributed by atoms with van der Waals surface area (Å²) in [5, 5.41) is 13.1. The lowest BCUT2D eigenvalue weighted by molar-refractivity contribution is -0.123. The van der Waals surface area contributed by atoms with Crippen LogP contribution in [0.3, 0.4) is 0 Å². The molecule has 0 bridgehead atoms. The van der Waals surface area contributed by atoms with E-state index in [1.54, 1.807) is 34.0 Å². The smallest absolute Gasteiger partial charge is 0.284 e. The summed E-state index contributed by atoms with van der Waals surface area (Å²) in [5.74, 6) is 1.79. The van der Waals surface area contributed by atoms with Crippen molar-refractivity contribution in [3.8, 4) is 17.2 Å². The summed E-state index contributed by atoms with van der Waals surface area (Å²) in [6, 6.07) is 9.06. The van der Waals surface area contributed by atoms with Gasteiger partial charge in [-0.1, -0.05) is 6.42 Å². The van der Waals surface area contributed by atoms with Crippen LogP contribution < -0.4 is 25.6 Å². The molecule has 0 saturated heterocycles. The van der Waals surface area contributed by atoms with Gasteiger partial charge in [0.05, 0.1) is 11.7 Å². The van der Waals surface area contributed by atoms with E-state index in [2.05, 4.69) is 43.0 Å². The van der Waals surface area contributed by atoms with Crippen LogP contribution in [0.4, 0.5) is 26.0 Å². The number of alkyl halides is 2. The number of amides is 3. The fourth-order valence-corrected chi connectivity index (χ4v) is 8.14. The molecule has 0 radical (unpaired) electrons. The number of fused-ring (bicyclic) bond motifs is 1. The van der Waals surface area contributed by atoms with Gasteiger partial charge in [0.2, 0.25) is 5.89 Å². The van der Waals surface area contributed by atoms with Gasteiger partial charge in [-0.2, -0.15) is 5.10 Å². The van der Waals surface area contributed by atoms with Crippen molar-refractivity contribution >= 4 is 34.9 Å². The Labute approximate surface area is 354 Å². The Bertz CT molecular complexity index is 2100. The summed E-state index contributed by atoms with van der Waals surface area (Å²) in [6.07, 6.45) is 12.0.